The third-order valence-corrected chi connectivity index (χ3v) is 3.68. The van der Waals surface area contributed by atoms with Crippen molar-refractivity contribution in [3.8, 4) is 0 Å². The Bertz CT molecular complexity index is 1080. The van der Waals surface area contributed by atoms with Crippen LogP contribution >= 0.6 is 0 Å². The van der Waals surface area contributed by atoms with Crippen LogP contribution in [-0.2, 0) is 6.18 Å². The number of fused-ring (bicyclic) bond motifs is 1. The number of nitrogens with zero attached hydrogens (tertiary/aromatic N) is 1. The highest BCUT2D eigenvalue weighted by Gasteiger charge is 2.30. The van der Waals surface area contributed by atoms with Crippen molar-refractivity contribution in [3.05, 3.63) is 75.7 Å². The number of aromatic amines is 1. The van der Waals surface area contributed by atoms with Gasteiger partial charge in [-0.25, -0.2) is 5.10 Å². The molecule has 2 aromatic carbocycles. The van der Waals surface area contributed by atoms with Gasteiger partial charge in [0.1, 0.15) is 0 Å². The van der Waals surface area contributed by atoms with Gasteiger partial charge in [0.05, 0.1) is 10.9 Å². The molecule has 0 saturated carbocycles. The van der Waals surface area contributed by atoms with Gasteiger partial charge in [0, 0.05) is 10.9 Å². The number of halogens is 3. The van der Waals surface area contributed by atoms with Crippen LogP contribution in [0.2, 0.25) is 0 Å². The van der Waals surface area contributed by atoms with Crippen molar-refractivity contribution < 1.29 is 22.8 Å². The van der Waals surface area contributed by atoms with E-state index in [-0.39, 0.29) is 22.0 Å². The maximum Gasteiger partial charge on any atom is 0.416 e. The third kappa shape index (κ3) is 3.78. The van der Waals surface area contributed by atoms with E-state index in [9.17, 15) is 27.6 Å². The van der Waals surface area contributed by atoms with Gasteiger partial charge >= 0.3 is 6.18 Å². The molecule has 138 valence electrons. The fraction of sp³-hybridized carbons (Fsp3) is 0.0588. The summed E-state index contributed by atoms with van der Waals surface area (Å²) < 4.78 is 37.6. The zero-order valence-electron chi connectivity index (χ0n) is 13.4. The minimum atomic E-state index is -4.51. The van der Waals surface area contributed by atoms with E-state index in [2.05, 4.69) is 21.0 Å². The van der Waals surface area contributed by atoms with Gasteiger partial charge in [-0.1, -0.05) is 18.2 Å². The Morgan fingerprint density at radius 1 is 0.889 bits per heavy atom. The molecule has 7 nitrogen and oxygen atoms in total. The highest BCUT2D eigenvalue weighted by molar-refractivity contribution is 6.05. The van der Waals surface area contributed by atoms with Crippen LogP contribution in [-0.4, -0.2) is 22.0 Å². The van der Waals surface area contributed by atoms with Crippen molar-refractivity contribution in [2.45, 2.75) is 6.18 Å². The Hall–Kier alpha value is -3.69. The van der Waals surface area contributed by atoms with Gasteiger partial charge in [0.15, 0.2) is 5.69 Å². The van der Waals surface area contributed by atoms with E-state index in [1.807, 2.05) is 0 Å². The minimum absolute atomic E-state index is 0.0809. The van der Waals surface area contributed by atoms with E-state index in [0.29, 0.717) is 0 Å². The van der Waals surface area contributed by atoms with Gasteiger partial charge in [-0.2, -0.15) is 18.3 Å². The third-order valence-electron chi connectivity index (χ3n) is 3.68. The number of hydrogen-bond donors (Lipinski definition) is 3. The number of hydrogen-bond acceptors (Lipinski definition) is 4. The molecule has 0 spiro atoms. The SMILES string of the molecule is O=C(NNC(=O)c1n[nH]c(=O)c2ccccc12)c1ccc(C(F)(F)F)cc1. The number of aromatic nitrogens is 2. The lowest BCUT2D eigenvalue weighted by atomic mass is 10.1. The molecule has 0 radical (unpaired) electrons. The summed E-state index contributed by atoms with van der Waals surface area (Å²) in [6.45, 7) is 0. The van der Waals surface area contributed by atoms with Crippen LogP contribution in [0.4, 0.5) is 13.2 Å². The van der Waals surface area contributed by atoms with Crippen molar-refractivity contribution in [2.24, 2.45) is 0 Å². The Balaban J connectivity index is 1.74. The Labute approximate surface area is 149 Å². The van der Waals surface area contributed by atoms with Crippen LogP contribution in [0.1, 0.15) is 26.4 Å². The zero-order valence-corrected chi connectivity index (χ0v) is 13.4. The number of carbonyl (C=O) groups is 2. The van der Waals surface area contributed by atoms with Gasteiger partial charge in [-0.05, 0) is 30.3 Å². The minimum Gasteiger partial charge on any atom is -0.267 e. The highest BCUT2D eigenvalue weighted by atomic mass is 19.4. The Morgan fingerprint density at radius 3 is 2.11 bits per heavy atom. The first kappa shape index (κ1) is 18.1. The molecule has 3 aromatic rings. The van der Waals surface area contributed by atoms with Crippen LogP contribution in [0.3, 0.4) is 0 Å². The van der Waals surface area contributed by atoms with E-state index < -0.39 is 29.1 Å². The van der Waals surface area contributed by atoms with Gasteiger partial charge in [0.2, 0.25) is 0 Å². The summed E-state index contributed by atoms with van der Waals surface area (Å²) in [5, 5.41) is 6.37. The summed E-state index contributed by atoms with van der Waals surface area (Å²) in [6.07, 6.45) is -4.51. The Morgan fingerprint density at radius 2 is 1.48 bits per heavy atom. The summed E-state index contributed by atoms with van der Waals surface area (Å²) in [6, 6.07) is 9.74. The van der Waals surface area contributed by atoms with Crippen molar-refractivity contribution in [2.75, 3.05) is 0 Å². The molecule has 0 bridgehead atoms. The molecule has 3 rings (SSSR count). The number of alkyl halides is 3. The molecule has 1 heterocycles. The second kappa shape index (κ2) is 6.90. The van der Waals surface area contributed by atoms with E-state index in [4.69, 9.17) is 0 Å². The highest BCUT2D eigenvalue weighted by Crippen LogP contribution is 2.29. The largest absolute Gasteiger partial charge is 0.416 e. The number of rotatable bonds is 2. The lowest BCUT2D eigenvalue weighted by molar-refractivity contribution is -0.137. The van der Waals surface area contributed by atoms with E-state index in [1.54, 1.807) is 12.1 Å². The summed E-state index contributed by atoms with van der Waals surface area (Å²) in [7, 11) is 0. The molecule has 0 unspecified atom stereocenters. The van der Waals surface area contributed by atoms with Gasteiger partial charge in [0.25, 0.3) is 17.4 Å². The predicted octanol–water partition coefficient (Wildman–Crippen LogP) is 2.02. The predicted molar refractivity (Wildman–Crippen MR) is 88.7 cm³/mol. The molecule has 3 N–H and O–H groups in total. The normalized spacial score (nSPS) is 11.2. The Kier molecular flexibility index (Phi) is 4.63. The van der Waals surface area contributed by atoms with Gasteiger partial charge in [-0.3, -0.25) is 25.2 Å². The first-order valence-corrected chi connectivity index (χ1v) is 7.53. The fourth-order valence-electron chi connectivity index (χ4n) is 2.34. The lowest BCUT2D eigenvalue weighted by Gasteiger charge is -2.09. The molecule has 0 aliphatic carbocycles. The molecule has 0 aliphatic heterocycles. The molecule has 0 aliphatic rings. The van der Waals surface area contributed by atoms with Crippen LogP contribution in [0.15, 0.2) is 53.3 Å². The summed E-state index contributed by atoms with van der Waals surface area (Å²) in [4.78, 5) is 35.9. The molecule has 27 heavy (non-hydrogen) atoms. The molecule has 0 saturated heterocycles. The van der Waals surface area contributed by atoms with Crippen LogP contribution in [0.25, 0.3) is 10.8 Å². The average molecular weight is 376 g/mol. The number of amides is 2. The monoisotopic (exact) mass is 376 g/mol. The zero-order chi connectivity index (χ0) is 19.6. The van der Waals surface area contributed by atoms with E-state index in [1.165, 1.54) is 12.1 Å². The average Bonchev–Trinajstić information content (AvgIpc) is 2.66. The first-order chi connectivity index (χ1) is 12.8. The van der Waals surface area contributed by atoms with Crippen LogP contribution in [0, 0.1) is 0 Å². The first-order valence-electron chi connectivity index (χ1n) is 7.53. The molecular weight excluding hydrogens is 365 g/mol. The number of hydrazine groups is 1. The van der Waals surface area contributed by atoms with Crippen molar-refractivity contribution in [3.63, 3.8) is 0 Å². The summed E-state index contributed by atoms with van der Waals surface area (Å²) >= 11 is 0. The van der Waals surface area contributed by atoms with Crippen molar-refractivity contribution in [1.82, 2.24) is 21.0 Å². The molecule has 10 heteroatoms. The lowest BCUT2D eigenvalue weighted by Crippen LogP contribution is -2.42. The van der Waals surface area contributed by atoms with Crippen molar-refractivity contribution >= 4 is 22.6 Å². The second-order valence-electron chi connectivity index (χ2n) is 5.43. The van der Waals surface area contributed by atoms with E-state index >= 15 is 0 Å². The molecule has 1 aromatic heterocycles. The summed E-state index contributed by atoms with van der Waals surface area (Å²) in [5.74, 6) is -1.62. The fourth-order valence-corrected chi connectivity index (χ4v) is 2.34. The number of benzene rings is 2. The van der Waals surface area contributed by atoms with Crippen LogP contribution < -0.4 is 16.4 Å². The number of carbonyl (C=O) groups excluding carboxylic acids is 2. The summed E-state index contributed by atoms with van der Waals surface area (Å²) in [5.41, 5.74) is 2.61. The molecular formula is C17H11F3N4O3. The maximum atomic E-state index is 12.5. The van der Waals surface area contributed by atoms with Crippen molar-refractivity contribution in [1.29, 1.82) is 0 Å². The standard InChI is InChI=1S/C17H11F3N4O3/c18-17(19,20)10-7-5-9(6-8-10)14(25)22-24-16(27)13-11-3-1-2-4-12(11)15(26)23-21-13/h1-8H,(H,22,25)(H,23,26)(H,24,27). The van der Waals surface area contributed by atoms with Gasteiger partial charge < -0.3 is 0 Å². The van der Waals surface area contributed by atoms with Gasteiger partial charge in [-0.15, -0.1) is 0 Å². The maximum absolute atomic E-state index is 12.5. The topological polar surface area (TPSA) is 104 Å². The second-order valence-corrected chi connectivity index (χ2v) is 5.43. The quantitative estimate of drug-likeness (QED) is 0.595. The molecule has 0 atom stereocenters. The smallest absolute Gasteiger partial charge is 0.267 e. The molecule has 0 fully saturated rings. The number of H-pyrrole nitrogens is 1. The van der Waals surface area contributed by atoms with E-state index in [0.717, 1.165) is 24.3 Å². The van der Waals surface area contributed by atoms with Crippen LogP contribution in [0.5, 0.6) is 0 Å². The molecule has 2 amide bonds. The number of nitrogens with one attached hydrogen (secondary N) is 3.